The monoisotopic (exact) mass is 279 g/mol. The van der Waals surface area contributed by atoms with Crippen LogP contribution in [0, 0.1) is 17.7 Å². The normalized spacial score (nSPS) is 26.5. The Bertz CT molecular complexity index is 435. The van der Waals surface area contributed by atoms with E-state index in [1.807, 2.05) is 19.2 Å². The van der Waals surface area contributed by atoms with Gasteiger partial charge in [-0.1, -0.05) is 31.9 Å². The Morgan fingerprint density at radius 1 is 1.35 bits per heavy atom. The molecule has 1 aromatic rings. The van der Waals surface area contributed by atoms with Crippen molar-refractivity contribution < 1.29 is 9.13 Å². The Labute approximate surface area is 121 Å². The number of hydrogen-bond acceptors (Lipinski definition) is 2. The van der Waals surface area contributed by atoms with E-state index in [4.69, 9.17) is 4.74 Å². The minimum absolute atomic E-state index is 0.169. The average molecular weight is 279 g/mol. The third kappa shape index (κ3) is 3.14. The van der Waals surface area contributed by atoms with Crippen molar-refractivity contribution in [2.45, 2.75) is 38.5 Å². The number of halogens is 1. The van der Waals surface area contributed by atoms with E-state index < -0.39 is 0 Å². The first kappa shape index (κ1) is 15.3. The van der Waals surface area contributed by atoms with Crippen LogP contribution in [0.4, 0.5) is 4.39 Å². The van der Waals surface area contributed by atoms with Crippen LogP contribution in [0.2, 0.25) is 0 Å². The summed E-state index contributed by atoms with van der Waals surface area (Å²) < 4.78 is 19.7. The molecule has 2 nitrogen and oxygen atoms in total. The molecule has 2 rings (SSSR count). The fourth-order valence-electron chi connectivity index (χ4n) is 3.55. The second-order valence-electron chi connectivity index (χ2n) is 5.88. The van der Waals surface area contributed by atoms with Gasteiger partial charge in [-0.25, -0.2) is 4.39 Å². The molecule has 3 heteroatoms. The SMILES string of the molecule is CCC1CCC(CNC)C(c2cccc(OC)c2F)C1. The van der Waals surface area contributed by atoms with Gasteiger partial charge < -0.3 is 10.1 Å². The molecule has 1 fully saturated rings. The summed E-state index contributed by atoms with van der Waals surface area (Å²) in [6, 6.07) is 5.54. The van der Waals surface area contributed by atoms with Gasteiger partial charge in [0.2, 0.25) is 0 Å². The van der Waals surface area contributed by atoms with Crippen LogP contribution in [-0.2, 0) is 0 Å². The number of benzene rings is 1. The molecule has 1 aromatic carbocycles. The number of ether oxygens (including phenoxy) is 1. The van der Waals surface area contributed by atoms with Crippen molar-refractivity contribution in [1.29, 1.82) is 0 Å². The minimum atomic E-state index is -0.169. The number of hydrogen-bond donors (Lipinski definition) is 1. The van der Waals surface area contributed by atoms with Crippen molar-refractivity contribution in [2.24, 2.45) is 11.8 Å². The lowest BCUT2D eigenvalue weighted by atomic mass is 9.70. The molecule has 20 heavy (non-hydrogen) atoms. The van der Waals surface area contributed by atoms with E-state index in [2.05, 4.69) is 12.2 Å². The van der Waals surface area contributed by atoms with E-state index in [0.29, 0.717) is 17.6 Å². The van der Waals surface area contributed by atoms with Crippen LogP contribution in [0.3, 0.4) is 0 Å². The summed E-state index contributed by atoms with van der Waals surface area (Å²) in [5.74, 6) is 1.74. The Morgan fingerprint density at radius 2 is 2.15 bits per heavy atom. The zero-order valence-electron chi connectivity index (χ0n) is 12.8. The van der Waals surface area contributed by atoms with Gasteiger partial charge in [0.15, 0.2) is 11.6 Å². The van der Waals surface area contributed by atoms with Crippen LogP contribution in [0.1, 0.15) is 44.1 Å². The maximum absolute atomic E-state index is 14.6. The summed E-state index contributed by atoms with van der Waals surface area (Å²) in [5, 5.41) is 3.26. The zero-order valence-corrected chi connectivity index (χ0v) is 12.8. The molecule has 0 amide bonds. The van der Waals surface area contributed by atoms with Gasteiger partial charge in [-0.15, -0.1) is 0 Å². The van der Waals surface area contributed by atoms with E-state index in [1.54, 1.807) is 6.07 Å². The molecule has 0 saturated heterocycles. The molecule has 1 aliphatic rings. The van der Waals surface area contributed by atoms with Crippen molar-refractivity contribution in [2.75, 3.05) is 20.7 Å². The van der Waals surface area contributed by atoms with Crippen LogP contribution in [0.5, 0.6) is 5.75 Å². The lowest BCUT2D eigenvalue weighted by Gasteiger charge is -2.36. The number of nitrogens with one attached hydrogen (secondary N) is 1. The van der Waals surface area contributed by atoms with E-state index in [9.17, 15) is 4.39 Å². The van der Waals surface area contributed by atoms with Gasteiger partial charge in [0, 0.05) is 0 Å². The Morgan fingerprint density at radius 3 is 2.80 bits per heavy atom. The van der Waals surface area contributed by atoms with Crippen molar-refractivity contribution in [3.05, 3.63) is 29.6 Å². The molecule has 3 atom stereocenters. The zero-order chi connectivity index (χ0) is 14.5. The Hall–Kier alpha value is -1.09. The maximum Gasteiger partial charge on any atom is 0.168 e. The van der Waals surface area contributed by atoms with Crippen LogP contribution < -0.4 is 10.1 Å². The Balaban J connectivity index is 2.29. The lowest BCUT2D eigenvalue weighted by molar-refractivity contribution is 0.224. The first-order valence-electron chi connectivity index (χ1n) is 7.68. The molecule has 0 heterocycles. The molecule has 112 valence electrons. The first-order valence-corrected chi connectivity index (χ1v) is 7.68. The summed E-state index contributed by atoms with van der Waals surface area (Å²) in [7, 11) is 3.51. The fourth-order valence-corrected chi connectivity index (χ4v) is 3.55. The molecule has 1 saturated carbocycles. The fraction of sp³-hybridized carbons (Fsp3) is 0.647. The third-order valence-corrected chi connectivity index (χ3v) is 4.76. The molecular weight excluding hydrogens is 253 g/mol. The van der Waals surface area contributed by atoms with Crippen molar-refractivity contribution in [3.8, 4) is 5.75 Å². The average Bonchev–Trinajstić information content (AvgIpc) is 2.48. The van der Waals surface area contributed by atoms with Gasteiger partial charge in [-0.3, -0.25) is 0 Å². The molecular formula is C17H26FNO. The van der Waals surface area contributed by atoms with Crippen LogP contribution in [-0.4, -0.2) is 20.7 Å². The highest BCUT2D eigenvalue weighted by Crippen LogP contribution is 2.43. The van der Waals surface area contributed by atoms with Crippen LogP contribution in [0.25, 0.3) is 0 Å². The molecule has 0 aliphatic heterocycles. The lowest BCUT2D eigenvalue weighted by Crippen LogP contribution is -2.31. The summed E-state index contributed by atoms with van der Waals surface area (Å²) in [5.41, 5.74) is 0.836. The highest BCUT2D eigenvalue weighted by atomic mass is 19.1. The third-order valence-electron chi connectivity index (χ3n) is 4.76. The van der Waals surface area contributed by atoms with E-state index >= 15 is 0 Å². The summed E-state index contributed by atoms with van der Waals surface area (Å²) >= 11 is 0. The molecule has 0 radical (unpaired) electrons. The maximum atomic E-state index is 14.6. The van der Waals surface area contributed by atoms with Crippen molar-refractivity contribution in [3.63, 3.8) is 0 Å². The standard InChI is InChI=1S/C17H26FNO/c1-4-12-8-9-13(11-19-2)15(10-12)14-6-5-7-16(20-3)17(14)18/h5-7,12-13,15,19H,4,8-11H2,1-3H3. The first-order chi connectivity index (χ1) is 9.71. The molecule has 3 unspecified atom stereocenters. The van der Waals surface area contributed by atoms with Gasteiger partial charge >= 0.3 is 0 Å². The number of methoxy groups -OCH3 is 1. The van der Waals surface area contributed by atoms with Gasteiger partial charge in [0.25, 0.3) is 0 Å². The second-order valence-corrected chi connectivity index (χ2v) is 5.88. The highest BCUT2D eigenvalue weighted by molar-refractivity contribution is 5.34. The Kier molecular flexibility index (Phi) is 5.41. The van der Waals surface area contributed by atoms with E-state index in [-0.39, 0.29) is 5.82 Å². The predicted octanol–water partition coefficient (Wildman–Crippen LogP) is 3.96. The molecule has 0 bridgehead atoms. The molecule has 0 aromatic heterocycles. The predicted molar refractivity (Wildman–Crippen MR) is 80.7 cm³/mol. The van der Waals surface area contributed by atoms with E-state index in [0.717, 1.165) is 24.4 Å². The van der Waals surface area contributed by atoms with Gasteiger partial charge in [-0.05, 0) is 55.8 Å². The summed E-state index contributed by atoms with van der Waals surface area (Å²) in [4.78, 5) is 0. The summed E-state index contributed by atoms with van der Waals surface area (Å²) in [6.45, 7) is 3.19. The molecule has 1 N–H and O–H groups in total. The number of rotatable bonds is 5. The van der Waals surface area contributed by atoms with Gasteiger partial charge in [0.1, 0.15) is 0 Å². The van der Waals surface area contributed by atoms with Gasteiger partial charge in [0.05, 0.1) is 7.11 Å². The van der Waals surface area contributed by atoms with Crippen molar-refractivity contribution in [1.82, 2.24) is 5.32 Å². The minimum Gasteiger partial charge on any atom is -0.494 e. The smallest absolute Gasteiger partial charge is 0.168 e. The second kappa shape index (κ2) is 7.07. The van der Waals surface area contributed by atoms with E-state index in [1.165, 1.54) is 26.4 Å². The largest absolute Gasteiger partial charge is 0.494 e. The van der Waals surface area contributed by atoms with Crippen LogP contribution >= 0.6 is 0 Å². The highest BCUT2D eigenvalue weighted by Gasteiger charge is 2.32. The molecule has 1 aliphatic carbocycles. The van der Waals surface area contributed by atoms with Crippen LogP contribution in [0.15, 0.2) is 18.2 Å². The topological polar surface area (TPSA) is 21.3 Å². The van der Waals surface area contributed by atoms with Gasteiger partial charge in [-0.2, -0.15) is 0 Å². The quantitative estimate of drug-likeness (QED) is 0.880. The van der Waals surface area contributed by atoms with Crippen molar-refractivity contribution >= 4 is 0 Å². The summed E-state index contributed by atoms with van der Waals surface area (Å²) in [6.07, 6.45) is 4.73. The molecule has 0 spiro atoms.